The van der Waals surface area contributed by atoms with Crippen LogP contribution in [0.3, 0.4) is 0 Å². The molecule has 1 heterocycles. The van der Waals surface area contributed by atoms with Crippen LogP contribution in [0.2, 0.25) is 0 Å². The Kier molecular flexibility index (Phi) is 2.08. The predicted molar refractivity (Wildman–Crippen MR) is 38.6 cm³/mol. The molecule has 1 fully saturated rings. The van der Waals surface area contributed by atoms with Crippen LogP contribution in [-0.4, -0.2) is 11.9 Å². The van der Waals surface area contributed by atoms with Crippen molar-refractivity contribution < 1.29 is 14.3 Å². The number of esters is 2. The van der Waals surface area contributed by atoms with Crippen molar-refractivity contribution in [1.82, 2.24) is 0 Å². The molecule has 0 saturated carbocycles. The van der Waals surface area contributed by atoms with Gasteiger partial charge in [0, 0.05) is 5.57 Å². The van der Waals surface area contributed by atoms with E-state index in [1.165, 1.54) is 0 Å². The second-order valence-electron chi connectivity index (χ2n) is 2.58. The SMILES string of the molecule is C=C1C(=O)OC(=O)C1CCC. The number of carbonyl (C=O) groups excluding carboxylic acids is 2. The van der Waals surface area contributed by atoms with Gasteiger partial charge in [0.2, 0.25) is 0 Å². The van der Waals surface area contributed by atoms with Crippen molar-refractivity contribution >= 4 is 11.9 Å². The summed E-state index contributed by atoms with van der Waals surface area (Å²) in [6.45, 7) is 5.44. The van der Waals surface area contributed by atoms with E-state index in [9.17, 15) is 9.59 Å². The van der Waals surface area contributed by atoms with E-state index in [-0.39, 0.29) is 5.92 Å². The Labute approximate surface area is 65.0 Å². The van der Waals surface area contributed by atoms with Crippen LogP contribution >= 0.6 is 0 Å². The molecule has 0 spiro atoms. The van der Waals surface area contributed by atoms with Crippen molar-refractivity contribution in [2.75, 3.05) is 0 Å². The van der Waals surface area contributed by atoms with Crippen LogP contribution in [0.15, 0.2) is 12.2 Å². The first-order chi connectivity index (χ1) is 5.16. The molecular formula is C8H10O3. The minimum atomic E-state index is -0.562. The summed E-state index contributed by atoms with van der Waals surface area (Å²) in [7, 11) is 0. The summed E-state index contributed by atoms with van der Waals surface area (Å²) in [5, 5.41) is 0. The van der Waals surface area contributed by atoms with Crippen molar-refractivity contribution in [1.29, 1.82) is 0 Å². The van der Waals surface area contributed by atoms with Crippen molar-refractivity contribution in [3.8, 4) is 0 Å². The second kappa shape index (κ2) is 2.86. The van der Waals surface area contributed by atoms with E-state index in [1.807, 2.05) is 6.92 Å². The lowest BCUT2D eigenvalue weighted by molar-refractivity contribution is -0.152. The smallest absolute Gasteiger partial charge is 0.341 e. The Hall–Kier alpha value is -1.12. The third kappa shape index (κ3) is 1.31. The van der Waals surface area contributed by atoms with Gasteiger partial charge in [-0.2, -0.15) is 0 Å². The number of ether oxygens (including phenoxy) is 1. The first kappa shape index (κ1) is 7.98. The Morgan fingerprint density at radius 1 is 1.55 bits per heavy atom. The molecular weight excluding hydrogens is 144 g/mol. The average molecular weight is 154 g/mol. The van der Waals surface area contributed by atoms with Gasteiger partial charge in [0.15, 0.2) is 0 Å². The van der Waals surface area contributed by atoms with E-state index in [0.717, 1.165) is 6.42 Å². The lowest BCUT2D eigenvalue weighted by atomic mass is 9.98. The Morgan fingerprint density at radius 2 is 2.18 bits per heavy atom. The fraction of sp³-hybridized carbons (Fsp3) is 0.500. The van der Waals surface area contributed by atoms with Crippen LogP contribution in [0.25, 0.3) is 0 Å². The van der Waals surface area contributed by atoms with Gasteiger partial charge in [-0.3, -0.25) is 4.79 Å². The summed E-state index contributed by atoms with van der Waals surface area (Å²) in [5.74, 6) is -1.39. The molecule has 3 nitrogen and oxygen atoms in total. The molecule has 0 radical (unpaired) electrons. The second-order valence-corrected chi connectivity index (χ2v) is 2.58. The van der Waals surface area contributed by atoms with E-state index in [2.05, 4.69) is 11.3 Å². The molecule has 0 aromatic heterocycles. The minimum absolute atomic E-state index is 0.303. The van der Waals surface area contributed by atoms with Gasteiger partial charge in [-0.05, 0) is 6.42 Å². The number of carbonyl (C=O) groups is 2. The Bertz CT molecular complexity index is 217. The number of hydrogen-bond donors (Lipinski definition) is 0. The lowest BCUT2D eigenvalue weighted by Gasteiger charge is -2.00. The maximum absolute atomic E-state index is 10.9. The van der Waals surface area contributed by atoms with Gasteiger partial charge in [-0.1, -0.05) is 19.9 Å². The maximum atomic E-state index is 10.9. The van der Waals surface area contributed by atoms with Crippen molar-refractivity contribution in [2.24, 2.45) is 5.92 Å². The highest BCUT2D eigenvalue weighted by Gasteiger charge is 2.36. The highest BCUT2D eigenvalue weighted by atomic mass is 16.6. The molecule has 1 aliphatic rings. The zero-order chi connectivity index (χ0) is 8.43. The van der Waals surface area contributed by atoms with Crippen molar-refractivity contribution in [3.63, 3.8) is 0 Å². The molecule has 0 aromatic carbocycles. The van der Waals surface area contributed by atoms with Gasteiger partial charge in [0.1, 0.15) is 0 Å². The van der Waals surface area contributed by atoms with Crippen LogP contribution < -0.4 is 0 Å². The first-order valence-corrected chi connectivity index (χ1v) is 3.61. The normalized spacial score (nSPS) is 24.1. The zero-order valence-electron chi connectivity index (χ0n) is 6.42. The highest BCUT2D eigenvalue weighted by Crippen LogP contribution is 2.24. The minimum Gasteiger partial charge on any atom is -0.389 e. The molecule has 0 aliphatic carbocycles. The van der Waals surface area contributed by atoms with Gasteiger partial charge in [0.25, 0.3) is 0 Å². The molecule has 1 atom stereocenters. The van der Waals surface area contributed by atoms with Crippen LogP contribution in [0, 0.1) is 5.92 Å². The van der Waals surface area contributed by atoms with Crippen LogP contribution in [0.4, 0.5) is 0 Å². The number of hydrogen-bond acceptors (Lipinski definition) is 3. The molecule has 1 unspecified atom stereocenters. The van der Waals surface area contributed by atoms with Crippen molar-refractivity contribution in [3.05, 3.63) is 12.2 Å². The van der Waals surface area contributed by atoms with E-state index < -0.39 is 11.9 Å². The zero-order valence-corrected chi connectivity index (χ0v) is 6.42. The Balaban J connectivity index is 2.71. The molecule has 1 rings (SSSR count). The van der Waals surface area contributed by atoms with Gasteiger partial charge in [0.05, 0.1) is 5.92 Å². The summed E-state index contributed by atoms with van der Waals surface area (Å²) in [4.78, 5) is 21.6. The average Bonchev–Trinajstić information content (AvgIpc) is 2.17. The Morgan fingerprint density at radius 3 is 2.55 bits per heavy atom. The maximum Gasteiger partial charge on any atom is 0.341 e. The highest BCUT2D eigenvalue weighted by molar-refractivity contribution is 6.06. The molecule has 11 heavy (non-hydrogen) atoms. The van der Waals surface area contributed by atoms with E-state index >= 15 is 0 Å². The predicted octanol–water partition coefficient (Wildman–Crippen LogP) is 1.04. The lowest BCUT2D eigenvalue weighted by Crippen LogP contribution is -2.07. The fourth-order valence-corrected chi connectivity index (χ4v) is 1.09. The summed E-state index contributed by atoms with van der Waals surface area (Å²) in [6, 6.07) is 0. The van der Waals surface area contributed by atoms with E-state index in [0.29, 0.717) is 12.0 Å². The summed E-state index contributed by atoms with van der Waals surface area (Å²) in [5.41, 5.74) is 0.303. The number of rotatable bonds is 2. The molecule has 1 aliphatic heterocycles. The van der Waals surface area contributed by atoms with Gasteiger partial charge < -0.3 is 4.74 Å². The molecule has 60 valence electrons. The third-order valence-electron chi connectivity index (χ3n) is 1.74. The van der Waals surface area contributed by atoms with E-state index in [1.54, 1.807) is 0 Å². The quantitative estimate of drug-likeness (QED) is 0.339. The monoisotopic (exact) mass is 154 g/mol. The number of cyclic esters (lactones) is 2. The van der Waals surface area contributed by atoms with Gasteiger partial charge in [-0.25, -0.2) is 4.79 Å². The molecule has 0 amide bonds. The largest absolute Gasteiger partial charge is 0.389 e. The standard InChI is InChI=1S/C8H10O3/c1-3-4-6-5(2)7(9)11-8(6)10/h6H,2-4H2,1H3. The van der Waals surface area contributed by atoms with Gasteiger partial charge in [-0.15, -0.1) is 0 Å². The summed E-state index contributed by atoms with van der Waals surface area (Å²) >= 11 is 0. The third-order valence-corrected chi connectivity index (χ3v) is 1.74. The topological polar surface area (TPSA) is 43.4 Å². The fourth-order valence-electron chi connectivity index (χ4n) is 1.09. The van der Waals surface area contributed by atoms with Crippen LogP contribution in [0.1, 0.15) is 19.8 Å². The molecule has 0 N–H and O–H groups in total. The van der Waals surface area contributed by atoms with Crippen molar-refractivity contribution in [2.45, 2.75) is 19.8 Å². The molecule has 0 bridgehead atoms. The summed E-state index contributed by atoms with van der Waals surface area (Å²) in [6.07, 6.45) is 1.51. The van der Waals surface area contributed by atoms with Gasteiger partial charge >= 0.3 is 11.9 Å². The molecule has 3 heteroatoms. The molecule has 1 saturated heterocycles. The van der Waals surface area contributed by atoms with Crippen LogP contribution in [-0.2, 0) is 14.3 Å². The van der Waals surface area contributed by atoms with Crippen LogP contribution in [0.5, 0.6) is 0 Å². The molecule has 0 aromatic rings. The van der Waals surface area contributed by atoms with E-state index in [4.69, 9.17) is 0 Å². The summed E-state index contributed by atoms with van der Waals surface area (Å²) < 4.78 is 4.36. The first-order valence-electron chi connectivity index (χ1n) is 3.61.